The van der Waals surface area contributed by atoms with Gasteiger partial charge in [0.1, 0.15) is 22.4 Å². The van der Waals surface area contributed by atoms with Crippen molar-refractivity contribution in [2.24, 2.45) is 0 Å². The van der Waals surface area contributed by atoms with Gasteiger partial charge in [-0.15, -0.1) is 11.3 Å². The number of carbonyl (C=O) groups excluding carboxylic acids is 2. The molecule has 2 aromatic heterocycles. The molecule has 0 radical (unpaired) electrons. The Morgan fingerprint density at radius 2 is 2.21 bits per heavy atom. The topological polar surface area (TPSA) is 95.6 Å². The summed E-state index contributed by atoms with van der Waals surface area (Å²) in [7, 11) is 0. The van der Waals surface area contributed by atoms with Gasteiger partial charge in [0, 0.05) is 17.5 Å². The van der Waals surface area contributed by atoms with E-state index in [2.05, 4.69) is 11.4 Å². The number of hydrogen-bond acceptors (Lipinski definition) is 6. The smallest absolute Gasteiger partial charge is 0.410 e. The van der Waals surface area contributed by atoms with Crippen LogP contribution in [0.5, 0.6) is 0 Å². The summed E-state index contributed by atoms with van der Waals surface area (Å²) in [6, 6.07) is 5.65. The maximum atomic E-state index is 12.3. The fraction of sp³-hybridized carbons (Fsp3) is 0.350. The van der Waals surface area contributed by atoms with Gasteiger partial charge in [-0.3, -0.25) is 4.79 Å². The Balaban J connectivity index is 1.73. The van der Waals surface area contributed by atoms with E-state index >= 15 is 0 Å². The fourth-order valence-corrected chi connectivity index (χ4v) is 4.01. The van der Waals surface area contributed by atoms with Crippen molar-refractivity contribution in [1.29, 1.82) is 5.26 Å². The molecular weight excluding hydrogens is 378 g/mol. The second-order valence-corrected chi connectivity index (χ2v) is 8.41. The largest absolute Gasteiger partial charge is 0.465 e. The predicted octanol–water partition coefficient (Wildman–Crippen LogP) is 4.16. The van der Waals surface area contributed by atoms with Crippen LogP contribution in [-0.4, -0.2) is 29.0 Å². The number of thiophene rings is 1. The van der Waals surface area contributed by atoms with Crippen LogP contribution in [0.4, 0.5) is 9.80 Å². The zero-order valence-corrected chi connectivity index (χ0v) is 16.8. The summed E-state index contributed by atoms with van der Waals surface area (Å²) in [6.07, 6.45) is 4.60. The molecule has 28 heavy (non-hydrogen) atoms. The number of furan rings is 1. The van der Waals surface area contributed by atoms with E-state index in [4.69, 9.17) is 9.15 Å². The molecular formula is C20H21N3O4S. The Labute approximate surface area is 167 Å². The van der Waals surface area contributed by atoms with Gasteiger partial charge in [0.25, 0.3) is 0 Å². The van der Waals surface area contributed by atoms with Crippen LogP contribution in [0.25, 0.3) is 6.08 Å². The zero-order chi connectivity index (χ0) is 20.3. The van der Waals surface area contributed by atoms with Gasteiger partial charge in [-0.1, -0.05) is 0 Å². The normalized spacial score (nSPS) is 13.9. The minimum absolute atomic E-state index is 0.351. The van der Waals surface area contributed by atoms with Gasteiger partial charge in [-0.05, 0) is 51.0 Å². The summed E-state index contributed by atoms with van der Waals surface area (Å²) in [6.45, 7) is 6.30. The molecule has 0 saturated heterocycles. The van der Waals surface area contributed by atoms with Gasteiger partial charge < -0.3 is 19.4 Å². The van der Waals surface area contributed by atoms with Crippen LogP contribution in [0.2, 0.25) is 0 Å². The van der Waals surface area contributed by atoms with E-state index in [-0.39, 0.29) is 12.0 Å². The highest BCUT2D eigenvalue weighted by molar-refractivity contribution is 7.16. The molecule has 3 heterocycles. The molecule has 0 aliphatic carbocycles. The van der Waals surface area contributed by atoms with E-state index < -0.39 is 5.60 Å². The SMILES string of the molecule is CC(C)(C)OC(=O)N1CCc2c(sc(NC(=O)/C=C/c3ccco3)c2C#N)C1. The molecule has 146 valence electrons. The molecule has 1 aliphatic rings. The standard InChI is InChI=1S/C20H21N3O4S/c1-20(2,3)27-19(25)23-9-8-14-15(11-21)18(28-16(14)12-23)22-17(24)7-6-13-5-4-10-26-13/h4-7,10H,8-9,12H2,1-3H3,(H,22,24)/b7-6+. The number of carbonyl (C=O) groups is 2. The highest BCUT2D eigenvalue weighted by Gasteiger charge is 2.29. The Morgan fingerprint density at radius 1 is 1.43 bits per heavy atom. The van der Waals surface area contributed by atoms with Crippen molar-refractivity contribution in [3.8, 4) is 6.07 Å². The van der Waals surface area contributed by atoms with Crippen LogP contribution in [0, 0.1) is 11.3 Å². The monoisotopic (exact) mass is 399 g/mol. The van der Waals surface area contributed by atoms with E-state index in [1.165, 1.54) is 23.7 Å². The average molecular weight is 399 g/mol. The van der Waals surface area contributed by atoms with Crippen LogP contribution in [0.15, 0.2) is 28.9 Å². The number of rotatable bonds is 3. The molecule has 1 N–H and O–H groups in total. The minimum Gasteiger partial charge on any atom is -0.465 e. The Kier molecular flexibility index (Phi) is 5.56. The molecule has 0 bridgehead atoms. The van der Waals surface area contributed by atoms with E-state index in [0.29, 0.717) is 35.8 Å². The number of anilines is 1. The van der Waals surface area contributed by atoms with Crippen molar-refractivity contribution in [1.82, 2.24) is 4.90 Å². The third kappa shape index (κ3) is 4.61. The summed E-state index contributed by atoms with van der Waals surface area (Å²) in [5, 5.41) is 12.8. The number of nitrogens with zero attached hydrogens (tertiary/aromatic N) is 2. The molecule has 2 amide bonds. The van der Waals surface area contributed by atoms with Crippen LogP contribution in [0.1, 0.15) is 42.5 Å². The molecule has 3 rings (SSSR count). The maximum absolute atomic E-state index is 12.3. The van der Waals surface area contributed by atoms with Crippen molar-refractivity contribution in [3.63, 3.8) is 0 Å². The lowest BCUT2D eigenvalue weighted by Gasteiger charge is -2.29. The molecule has 0 unspecified atom stereocenters. The van der Waals surface area contributed by atoms with Crippen LogP contribution >= 0.6 is 11.3 Å². The summed E-state index contributed by atoms with van der Waals surface area (Å²) < 4.78 is 10.6. The second kappa shape index (κ2) is 7.90. The third-order valence-corrected chi connectivity index (χ3v) is 5.13. The van der Waals surface area contributed by atoms with Gasteiger partial charge in [0.15, 0.2) is 0 Å². The number of ether oxygens (including phenoxy) is 1. The van der Waals surface area contributed by atoms with Gasteiger partial charge in [-0.2, -0.15) is 5.26 Å². The summed E-state index contributed by atoms with van der Waals surface area (Å²) in [5.74, 6) is 0.213. The Bertz CT molecular complexity index is 945. The summed E-state index contributed by atoms with van der Waals surface area (Å²) >= 11 is 1.32. The van der Waals surface area contributed by atoms with Crippen LogP contribution in [0.3, 0.4) is 0 Å². The van der Waals surface area contributed by atoms with Gasteiger partial charge in [0.2, 0.25) is 5.91 Å². The molecule has 8 heteroatoms. The Hall–Kier alpha value is -3.05. The lowest BCUT2D eigenvalue weighted by Crippen LogP contribution is -2.39. The molecule has 7 nitrogen and oxygen atoms in total. The first-order chi connectivity index (χ1) is 13.3. The first-order valence-corrected chi connectivity index (χ1v) is 9.63. The highest BCUT2D eigenvalue weighted by atomic mass is 32.1. The van der Waals surface area contributed by atoms with Gasteiger partial charge >= 0.3 is 6.09 Å². The van der Waals surface area contributed by atoms with Crippen LogP contribution in [-0.2, 0) is 22.5 Å². The first-order valence-electron chi connectivity index (χ1n) is 8.82. The van der Waals surface area contributed by atoms with Crippen molar-refractivity contribution in [2.45, 2.75) is 39.3 Å². The van der Waals surface area contributed by atoms with Crippen molar-refractivity contribution in [3.05, 3.63) is 46.2 Å². The molecule has 2 aromatic rings. The van der Waals surface area contributed by atoms with Gasteiger partial charge in [-0.25, -0.2) is 4.79 Å². The molecule has 1 aliphatic heterocycles. The molecule has 0 saturated carbocycles. The number of fused-ring (bicyclic) bond motifs is 1. The number of amides is 2. The number of nitrogens with one attached hydrogen (secondary N) is 1. The molecule has 0 aromatic carbocycles. The highest BCUT2D eigenvalue weighted by Crippen LogP contribution is 2.37. The first kappa shape index (κ1) is 19.7. The van der Waals surface area contributed by atoms with Crippen molar-refractivity contribution < 1.29 is 18.7 Å². The van der Waals surface area contributed by atoms with E-state index in [1.807, 2.05) is 20.8 Å². The summed E-state index contributed by atoms with van der Waals surface area (Å²) in [4.78, 5) is 27.0. The molecule has 0 spiro atoms. The minimum atomic E-state index is -0.565. The van der Waals surface area contributed by atoms with Crippen LogP contribution < -0.4 is 5.32 Å². The van der Waals surface area contributed by atoms with E-state index in [9.17, 15) is 14.9 Å². The average Bonchev–Trinajstić information content (AvgIpc) is 3.24. The fourth-order valence-electron chi connectivity index (χ4n) is 2.79. The van der Waals surface area contributed by atoms with Crippen molar-refractivity contribution >= 4 is 34.4 Å². The lowest BCUT2D eigenvalue weighted by atomic mass is 10.0. The molecule has 0 fully saturated rings. The third-order valence-electron chi connectivity index (χ3n) is 4.00. The second-order valence-electron chi connectivity index (χ2n) is 7.31. The quantitative estimate of drug-likeness (QED) is 0.782. The summed E-state index contributed by atoms with van der Waals surface area (Å²) in [5.41, 5.74) is 0.783. The van der Waals surface area contributed by atoms with Crippen molar-refractivity contribution in [2.75, 3.05) is 11.9 Å². The van der Waals surface area contributed by atoms with E-state index in [1.54, 1.807) is 23.1 Å². The number of hydrogen-bond donors (Lipinski definition) is 1. The maximum Gasteiger partial charge on any atom is 0.410 e. The van der Waals surface area contributed by atoms with E-state index in [0.717, 1.165) is 10.4 Å². The predicted molar refractivity (Wildman–Crippen MR) is 106 cm³/mol. The van der Waals surface area contributed by atoms with Gasteiger partial charge in [0.05, 0.1) is 18.4 Å². The Morgan fingerprint density at radius 3 is 2.86 bits per heavy atom. The lowest BCUT2D eigenvalue weighted by molar-refractivity contribution is -0.111. The molecule has 0 atom stereocenters. The zero-order valence-electron chi connectivity index (χ0n) is 15.9. The number of nitriles is 1.